The number of carbonyl (C=O) groups excluding carboxylic acids is 1. The Hall–Kier alpha value is -3.54. The molecule has 0 radical (unpaired) electrons. The van der Waals surface area contributed by atoms with Crippen LogP contribution in [-0.2, 0) is 23.2 Å². The third kappa shape index (κ3) is 3.45. The molecule has 32 heavy (non-hydrogen) atoms. The van der Waals surface area contributed by atoms with Gasteiger partial charge in [0.1, 0.15) is 11.5 Å². The van der Waals surface area contributed by atoms with Crippen LogP contribution < -0.4 is 20.1 Å². The molecular formula is C26H27N3O3. The number of benzene rings is 2. The first-order valence-electron chi connectivity index (χ1n) is 11.0. The predicted octanol–water partition coefficient (Wildman–Crippen LogP) is 4.26. The number of amides is 1. The largest absolute Gasteiger partial charge is 0.497 e. The minimum Gasteiger partial charge on any atom is -0.497 e. The zero-order valence-corrected chi connectivity index (χ0v) is 18.2. The highest BCUT2D eigenvalue weighted by atomic mass is 16.5. The number of pyridine rings is 1. The maximum absolute atomic E-state index is 13.6. The Labute approximate surface area is 188 Å². The van der Waals surface area contributed by atoms with Gasteiger partial charge in [-0.2, -0.15) is 0 Å². The van der Waals surface area contributed by atoms with E-state index in [4.69, 9.17) is 15.2 Å². The molecule has 0 bridgehead atoms. The molecule has 1 aromatic heterocycles. The van der Waals surface area contributed by atoms with Crippen LogP contribution in [0.25, 0.3) is 0 Å². The van der Waals surface area contributed by atoms with Crippen molar-refractivity contribution in [2.75, 3.05) is 24.4 Å². The van der Waals surface area contributed by atoms with Gasteiger partial charge in [0.2, 0.25) is 5.91 Å². The number of rotatable bonds is 7. The molecule has 1 saturated carbocycles. The summed E-state index contributed by atoms with van der Waals surface area (Å²) in [5.41, 5.74) is 10.3. The number of nitrogens with zero attached hydrogens (tertiary/aromatic N) is 2. The van der Waals surface area contributed by atoms with E-state index in [9.17, 15) is 4.79 Å². The van der Waals surface area contributed by atoms with Crippen molar-refractivity contribution in [2.24, 2.45) is 0 Å². The molecule has 164 valence electrons. The summed E-state index contributed by atoms with van der Waals surface area (Å²) >= 11 is 0. The first-order chi connectivity index (χ1) is 15.6. The van der Waals surface area contributed by atoms with Crippen LogP contribution in [0.4, 0.5) is 11.4 Å². The van der Waals surface area contributed by atoms with Crippen molar-refractivity contribution in [3.63, 3.8) is 0 Å². The molecule has 2 N–H and O–H groups in total. The maximum atomic E-state index is 13.6. The van der Waals surface area contributed by atoms with Crippen molar-refractivity contribution in [3.8, 4) is 11.5 Å². The average molecular weight is 430 g/mol. The van der Waals surface area contributed by atoms with Crippen LogP contribution in [0.2, 0.25) is 0 Å². The lowest BCUT2D eigenvalue weighted by molar-refractivity contribution is -0.126. The van der Waals surface area contributed by atoms with Gasteiger partial charge in [-0.3, -0.25) is 9.78 Å². The second-order valence-corrected chi connectivity index (χ2v) is 8.51. The zero-order valence-electron chi connectivity index (χ0n) is 18.2. The van der Waals surface area contributed by atoms with Gasteiger partial charge in [0.25, 0.3) is 0 Å². The van der Waals surface area contributed by atoms with E-state index in [1.807, 2.05) is 59.5 Å². The summed E-state index contributed by atoms with van der Waals surface area (Å²) in [7, 11) is 1.65. The summed E-state index contributed by atoms with van der Waals surface area (Å²) < 4.78 is 11.5. The van der Waals surface area contributed by atoms with Crippen LogP contribution in [0.3, 0.4) is 0 Å². The molecule has 5 rings (SSSR count). The number of aromatic nitrogens is 1. The second kappa shape index (κ2) is 8.19. The minimum atomic E-state index is -0.462. The molecule has 1 spiro atoms. The predicted molar refractivity (Wildman–Crippen MR) is 124 cm³/mol. The van der Waals surface area contributed by atoms with Crippen molar-refractivity contribution in [1.82, 2.24) is 4.98 Å². The van der Waals surface area contributed by atoms with Gasteiger partial charge in [-0.1, -0.05) is 24.6 Å². The number of fused-ring (bicyclic) bond motifs is 2. The zero-order chi connectivity index (χ0) is 22.1. The number of nitrogen functional groups attached to an aromatic ring is 1. The highest BCUT2D eigenvalue weighted by Gasteiger charge is 2.55. The Kier molecular flexibility index (Phi) is 5.21. The number of hydrogen-bond acceptors (Lipinski definition) is 5. The van der Waals surface area contributed by atoms with E-state index >= 15 is 0 Å². The van der Waals surface area contributed by atoms with Crippen molar-refractivity contribution in [2.45, 2.75) is 37.6 Å². The van der Waals surface area contributed by atoms with Crippen molar-refractivity contribution >= 4 is 17.3 Å². The van der Waals surface area contributed by atoms with Gasteiger partial charge in [0, 0.05) is 30.1 Å². The monoisotopic (exact) mass is 429 g/mol. The molecule has 0 unspecified atom stereocenters. The number of hydrogen-bond donors (Lipinski definition) is 1. The van der Waals surface area contributed by atoms with Gasteiger partial charge >= 0.3 is 0 Å². The molecule has 6 heteroatoms. The fourth-order valence-corrected chi connectivity index (χ4v) is 4.75. The normalized spacial score (nSPS) is 16.0. The van der Waals surface area contributed by atoms with Crippen LogP contribution in [0, 0.1) is 0 Å². The highest BCUT2D eigenvalue weighted by Crippen LogP contribution is 2.57. The molecule has 1 fully saturated rings. The van der Waals surface area contributed by atoms with Crippen LogP contribution in [-0.4, -0.2) is 24.6 Å². The minimum absolute atomic E-state index is 0.148. The molecule has 2 aromatic carbocycles. The Morgan fingerprint density at radius 3 is 2.59 bits per heavy atom. The van der Waals surface area contributed by atoms with Gasteiger partial charge in [-0.25, -0.2) is 0 Å². The number of nitrogens with two attached hydrogens (primary N) is 1. The molecule has 0 saturated heterocycles. The number of carbonyl (C=O) groups is 1. The van der Waals surface area contributed by atoms with E-state index in [0.717, 1.165) is 47.5 Å². The summed E-state index contributed by atoms with van der Waals surface area (Å²) in [6, 6.07) is 17.5. The van der Waals surface area contributed by atoms with Gasteiger partial charge in [-0.05, 0) is 54.3 Å². The second-order valence-electron chi connectivity index (χ2n) is 8.51. The Bertz CT molecular complexity index is 1130. The third-order valence-electron chi connectivity index (χ3n) is 6.59. The summed E-state index contributed by atoms with van der Waals surface area (Å²) in [5, 5.41) is 0. The highest BCUT2D eigenvalue weighted by molar-refractivity contribution is 6.10. The molecule has 1 aliphatic heterocycles. The number of ether oxygens (including phenoxy) is 2. The molecule has 3 aromatic rings. The lowest BCUT2D eigenvalue weighted by atomic mass is 9.65. The molecule has 0 atom stereocenters. The summed E-state index contributed by atoms with van der Waals surface area (Å²) in [6.07, 6.45) is 5.22. The fourth-order valence-electron chi connectivity index (χ4n) is 4.75. The molecular weight excluding hydrogens is 402 g/mol. The molecule has 2 heterocycles. The quantitative estimate of drug-likeness (QED) is 0.568. The smallest absolute Gasteiger partial charge is 0.238 e. The number of methoxy groups -OCH3 is 1. The van der Waals surface area contributed by atoms with Crippen molar-refractivity contribution in [3.05, 3.63) is 77.6 Å². The van der Waals surface area contributed by atoms with E-state index in [1.54, 1.807) is 13.3 Å². The van der Waals surface area contributed by atoms with E-state index in [2.05, 4.69) is 4.98 Å². The van der Waals surface area contributed by atoms with E-state index in [0.29, 0.717) is 31.0 Å². The SMILES string of the molecule is COc1ccc(CN2C(=O)C3(CCC3)c3cc(N)cc(OCCc4ccccn4)c32)cc1. The van der Waals surface area contributed by atoms with Crippen LogP contribution >= 0.6 is 0 Å². The van der Waals surface area contributed by atoms with Gasteiger partial charge in [0.15, 0.2) is 0 Å². The van der Waals surface area contributed by atoms with Gasteiger partial charge < -0.3 is 20.1 Å². The number of anilines is 2. The summed E-state index contributed by atoms with van der Waals surface area (Å²) in [5.74, 6) is 1.61. The molecule has 6 nitrogen and oxygen atoms in total. The fraction of sp³-hybridized carbons (Fsp3) is 0.308. The van der Waals surface area contributed by atoms with Gasteiger partial charge in [0.05, 0.1) is 31.4 Å². The molecule has 1 aliphatic carbocycles. The Morgan fingerprint density at radius 2 is 1.94 bits per heavy atom. The third-order valence-corrected chi connectivity index (χ3v) is 6.59. The summed E-state index contributed by atoms with van der Waals surface area (Å²) in [4.78, 5) is 19.9. The van der Waals surface area contributed by atoms with Crippen molar-refractivity contribution < 1.29 is 14.3 Å². The van der Waals surface area contributed by atoms with Crippen LogP contribution in [0.1, 0.15) is 36.1 Å². The van der Waals surface area contributed by atoms with Crippen LogP contribution in [0.5, 0.6) is 11.5 Å². The van der Waals surface area contributed by atoms with E-state index < -0.39 is 5.41 Å². The van der Waals surface area contributed by atoms with Crippen molar-refractivity contribution in [1.29, 1.82) is 0 Å². The topological polar surface area (TPSA) is 77.7 Å². The average Bonchev–Trinajstić information content (AvgIpc) is 3.03. The molecule has 2 aliphatic rings. The van der Waals surface area contributed by atoms with Crippen LogP contribution in [0.15, 0.2) is 60.8 Å². The Morgan fingerprint density at radius 1 is 1.12 bits per heavy atom. The Balaban J connectivity index is 1.46. The lowest BCUT2D eigenvalue weighted by Crippen LogP contribution is -2.44. The molecule has 1 amide bonds. The first kappa shape index (κ1) is 20.4. The van der Waals surface area contributed by atoms with E-state index in [1.165, 1.54) is 0 Å². The van der Waals surface area contributed by atoms with Gasteiger partial charge in [-0.15, -0.1) is 0 Å². The lowest BCUT2D eigenvalue weighted by Gasteiger charge is -2.37. The standard InChI is InChI=1S/C26H27N3O3/c1-31-21-8-6-18(7-9-21)17-29-24-22(26(25(29)30)11-4-12-26)15-19(27)16-23(24)32-14-10-20-5-2-3-13-28-20/h2-3,5-9,13,15-16H,4,10-12,14,17,27H2,1H3. The van der Waals surface area contributed by atoms with E-state index in [-0.39, 0.29) is 5.91 Å². The summed E-state index contributed by atoms with van der Waals surface area (Å²) in [6.45, 7) is 0.947. The maximum Gasteiger partial charge on any atom is 0.238 e. The first-order valence-corrected chi connectivity index (χ1v) is 11.0.